The summed E-state index contributed by atoms with van der Waals surface area (Å²) in [6.07, 6.45) is -0.362. The van der Waals surface area contributed by atoms with Crippen LogP contribution in [0.2, 0.25) is 36.3 Å². The van der Waals surface area contributed by atoms with Gasteiger partial charge in [0.1, 0.15) is 0 Å². The summed E-state index contributed by atoms with van der Waals surface area (Å²) >= 11 is 7.18. The zero-order chi connectivity index (χ0) is 24.5. The quantitative estimate of drug-likeness (QED) is 0.295. The van der Waals surface area contributed by atoms with Gasteiger partial charge in [-0.25, -0.2) is 0 Å². The van der Waals surface area contributed by atoms with E-state index in [1.807, 2.05) is 0 Å². The Morgan fingerprint density at radius 2 is 0.812 bits per heavy atom. The maximum atomic E-state index is 7.14. The molecule has 0 aromatic heterocycles. The average Bonchev–Trinajstić information content (AvgIpc) is 2.64. The molecular weight excluding hydrogens is 560 g/mol. The lowest BCUT2D eigenvalue weighted by Crippen LogP contribution is -2.46. The Morgan fingerprint density at radius 1 is 0.562 bits per heavy atom. The van der Waals surface area contributed by atoms with Gasteiger partial charge in [0.05, 0.1) is 12.2 Å². The minimum Gasteiger partial charge on any atom is -0.407 e. The Bertz CT molecular complexity index is 805. The first-order chi connectivity index (χ1) is 14.4. The Morgan fingerprint density at radius 3 is 1.03 bits per heavy atom. The fourth-order valence-electron chi connectivity index (χ4n) is 2.90. The van der Waals surface area contributed by atoms with Crippen LogP contribution in [0.3, 0.4) is 0 Å². The summed E-state index contributed by atoms with van der Waals surface area (Å²) in [7, 11) is -4.16. The van der Waals surface area contributed by atoms with Crippen molar-refractivity contribution >= 4 is 48.5 Å². The van der Waals surface area contributed by atoms with E-state index in [1.54, 1.807) is 0 Å². The summed E-state index contributed by atoms with van der Waals surface area (Å²) < 4.78 is 16.4. The molecule has 2 aromatic carbocycles. The van der Waals surface area contributed by atoms with Crippen molar-refractivity contribution in [2.45, 2.75) is 90.0 Å². The van der Waals surface area contributed by atoms with Crippen LogP contribution in [-0.4, -0.2) is 16.6 Å². The van der Waals surface area contributed by atoms with Crippen LogP contribution in [0.4, 0.5) is 0 Å². The van der Waals surface area contributed by atoms with Crippen molar-refractivity contribution in [3.8, 4) is 0 Å². The van der Waals surface area contributed by atoms with E-state index >= 15 is 0 Å². The molecule has 0 radical (unpaired) electrons. The molecule has 0 N–H and O–H groups in total. The summed E-state index contributed by atoms with van der Waals surface area (Å²) in [5, 5.41) is 0.198. The predicted octanol–water partition coefficient (Wildman–Crippen LogP) is 10.0. The van der Waals surface area contributed by atoms with Crippen LogP contribution in [0.5, 0.6) is 0 Å². The zero-order valence-corrected chi connectivity index (χ0v) is 26.5. The maximum absolute atomic E-state index is 7.14. The summed E-state index contributed by atoms with van der Waals surface area (Å²) in [5.41, 5.74) is 2.31. The molecule has 2 rings (SSSR count). The minimum atomic E-state index is -2.08. The Balaban J connectivity index is 2.66. The van der Waals surface area contributed by atoms with E-state index in [-0.39, 0.29) is 22.3 Å². The highest BCUT2D eigenvalue weighted by Gasteiger charge is 2.45. The second-order valence-corrected chi connectivity index (χ2v) is 23.0. The van der Waals surface area contributed by atoms with Crippen molar-refractivity contribution in [2.24, 2.45) is 0 Å². The smallest absolute Gasteiger partial charge is 0.193 e. The third-order valence-electron chi connectivity index (χ3n) is 7.13. The normalized spacial score (nSPS) is 15.5. The molecule has 0 bridgehead atoms. The van der Waals surface area contributed by atoms with Gasteiger partial charge in [0.2, 0.25) is 0 Å². The number of halogens is 2. The molecule has 0 saturated carbocycles. The molecule has 0 aliphatic heterocycles. The first kappa shape index (κ1) is 28.0. The topological polar surface area (TPSA) is 18.5 Å². The van der Waals surface area contributed by atoms with Crippen LogP contribution in [0.15, 0.2) is 57.5 Å². The van der Waals surface area contributed by atoms with E-state index < -0.39 is 16.6 Å². The second kappa shape index (κ2) is 10.2. The van der Waals surface area contributed by atoms with Crippen molar-refractivity contribution in [2.75, 3.05) is 0 Å². The van der Waals surface area contributed by atoms with Gasteiger partial charge >= 0.3 is 0 Å². The molecule has 178 valence electrons. The SMILES string of the molecule is CC(C)(C)[Si](C)(C)OC(c1ccc(Br)cc1)C(O[Si](C)(C)C(C)(C)C)c1ccc(Br)cc1. The van der Waals surface area contributed by atoms with Gasteiger partial charge < -0.3 is 8.85 Å². The van der Waals surface area contributed by atoms with E-state index in [2.05, 4.69) is 148 Å². The number of hydrogen-bond acceptors (Lipinski definition) is 2. The van der Waals surface area contributed by atoms with Crippen molar-refractivity contribution in [1.29, 1.82) is 0 Å². The molecule has 2 atom stereocenters. The minimum absolute atomic E-state index is 0.0991. The summed E-state index contributed by atoms with van der Waals surface area (Å²) in [4.78, 5) is 0. The van der Waals surface area contributed by atoms with Gasteiger partial charge in [-0.1, -0.05) is 97.7 Å². The largest absolute Gasteiger partial charge is 0.407 e. The van der Waals surface area contributed by atoms with Gasteiger partial charge in [-0.15, -0.1) is 0 Å². The van der Waals surface area contributed by atoms with Crippen molar-refractivity contribution < 1.29 is 8.85 Å². The van der Waals surface area contributed by atoms with Crippen LogP contribution in [0.1, 0.15) is 64.9 Å². The first-order valence-electron chi connectivity index (χ1n) is 11.3. The molecule has 32 heavy (non-hydrogen) atoms. The lowest BCUT2D eigenvalue weighted by Gasteiger charge is -2.45. The molecule has 0 fully saturated rings. The molecule has 0 aliphatic carbocycles. The van der Waals surface area contributed by atoms with Crippen molar-refractivity contribution in [1.82, 2.24) is 0 Å². The Hall–Kier alpha value is -0.246. The van der Waals surface area contributed by atoms with Crippen LogP contribution in [0, 0.1) is 0 Å². The van der Waals surface area contributed by atoms with Crippen molar-refractivity contribution in [3.63, 3.8) is 0 Å². The average molecular weight is 601 g/mol. The highest BCUT2D eigenvalue weighted by atomic mass is 79.9. The van der Waals surface area contributed by atoms with E-state index in [9.17, 15) is 0 Å². The lowest BCUT2D eigenvalue weighted by atomic mass is 9.98. The maximum Gasteiger partial charge on any atom is 0.193 e. The predicted molar refractivity (Wildman–Crippen MR) is 150 cm³/mol. The fourth-order valence-corrected chi connectivity index (χ4v) is 5.93. The van der Waals surface area contributed by atoms with Gasteiger partial charge in [-0.05, 0) is 71.7 Å². The first-order valence-corrected chi connectivity index (χ1v) is 18.7. The number of benzene rings is 2. The van der Waals surface area contributed by atoms with E-state index in [1.165, 1.54) is 0 Å². The van der Waals surface area contributed by atoms with Crippen LogP contribution in [-0.2, 0) is 8.85 Å². The molecule has 0 spiro atoms. The highest BCUT2D eigenvalue weighted by molar-refractivity contribution is 9.10. The van der Waals surface area contributed by atoms with Gasteiger partial charge in [0.15, 0.2) is 16.6 Å². The van der Waals surface area contributed by atoms with Gasteiger partial charge in [-0.2, -0.15) is 0 Å². The molecule has 0 saturated heterocycles. The van der Waals surface area contributed by atoms with E-state index in [4.69, 9.17) is 8.85 Å². The van der Waals surface area contributed by atoms with Gasteiger partial charge in [0.25, 0.3) is 0 Å². The second-order valence-electron chi connectivity index (χ2n) is 11.7. The monoisotopic (exact) mass is 598 g/mol. The molecule has 0 heterocycles. The van der Waals surface area contributed by atoms with Crippen molar-refractivity contribution in [3.05, 3.63) is 68.6 Å². The zero-order valence-electron chi connectivity index (χ0n) is 21.3. The van der Waals surface area contributed by atoms with Crippen LogP contribution >= 0.6 is 31.9 Å². The number of hydrogen-bond donors (Lipinski definition) is 0. The fraction of sp³-hybridized carbons (Fsp3) is 0.538. The standard InChI is InChI=1S/C26H40Br2O2Si2/c1-25(2,3)31(7,8)29-23(19-11-15-21(27)16-12-19)24(20-13-17-22(28)18-14-20)30-32(9,10)26(4,5)6/h11-18,23-24H,1-10H3. The van der Waals surface area contributed by atoms with E-state index in [0.29, 0.717) is 0 Å². The molecular formula is C26H40Br2O2Si2. The molecule has 0 amide bonds. The van der Waals surface area contributed by atoms with Crippen LogP contribution in [0.25, 0.3) is 0 Å². The summed E-state index contributed by atoms with van der Waals surface area (Å²) in [6.45, 7) is 23.1. The van der Waals surface area contributed by atoms with Gasteiger partial charge in [0, 0.05) is 8.95 Å². The van der Waals surface area contributed by atoms with Crippen LogP contribution < -0.4 is 0 Å². The third kappa shape index (κ3) is 6.89. The third-order valence-corrected chi connectivity index (χ3v) is 17.1. The molecule has 0 aliphatic rings. The van der Waals surface area contributed by atoms with Gasteiger partial charge in [-0.3, -0.25) is 0 Å². The number of rotatable bonds is 7. The molecule has 2 aromatic rings. The van der Waals surface area contributed by atoms with E-state index in [0.717, 1.165) is 20.1 Å². The lowest BCUT2D eigenvalue weighted by molar-refractivity contribution is 0.0333. The Kier molecular flexibility index (Phi) is 8.89. The molecule has 2 unspecified atom stereocenters. The summed E-state index contributed by atoms with van der Waals surface area (Å²) in [5.74, 6) is 0. The summed E-state index contributed by atoms with van der Waals surface area (Å²) in [6, 6.07) is 17.1. The molecule has 6 heteroatoms. The molecule has 2 nitrogen and oxygen atoms in total. The Labute approximate surface area is 215 Å². The highest BCUT2D eigenvalue weighted by Crippen LogP contribution is 2.48.